The maximum absolute atomic E-state index is 11.6. The van der Waals surface area contributed by atoms with E-state index < -0.39 is 15.7 Å². The molecule has 0 bridgehead atoms. The Labute approximate surface area is 112 Å². The van der Waals surface area contributed by atoms with E-state index in [-0.39, 0.29) is 11.5 Å². The van der Waals surface area contributed by atoms with Gasteiger partial charge in [0.1, 0.15) is 0 Å². The van der Waals surface area contributed by atoms with Crippen LogP contribution in [-0.4, -0.2) is 20.1 Å². The number of carbonyl (C=O) groups excluding carboxylic acids is 1. The number of hydrogen-bond donors (Lipinski definition) is 1. The predicted molar refractivity (Wildman–Crippen MR) is 73.4 cm³/mol. The minimum atomic E-state index is -3.19. The summed E-state index contributed by atoms with van der Waals surface area (Å²) in [5.74, 6) is -0.516. The Morgan fingerprint density at radius 3 is 2.72 bits per heavy atom. The molecule has 1 amide bonds. The molecule has 0 fully saturated rings. The smallest absolute Gasteiger partial charge is 0.247 e. The van der Waals surface area contributed by atoms with Crippen LogP contribution in [-0.2, 0) is 20.4 Å². The zero-order chi connectivity index (χ0) is 13.8. The summed E-state index contributed by atoms with van der Waals surface area (Å²) in [5, 5.41) is 2.98. The molecule has 0 saturated carbocycles. The molecule has 1 rings (SSSR count). The van der Waals surface area contributed by atoms with Gasteiger partial charge in [-0.2, -0.15) is 0 Å². The molecule has 0 radical (unpaired) electrons. The van der Waals surface area contributed by atoms with Gasteiger partial charge in [-0.1, -0.05) is 25.1 Å². The number of sulfone groups is 1. The van der Waals surface area contributed by atoms with Crippen molar-refractivity contribution in [2.75, 3.05) is 11.1 Å². The molecule has 98 valence electrons. The van der Waals surface area contributed by atoms with Crippen LogP contribution in [0.25, 0.3) is 0 Å². The second kappa shape index (κ2) is 6.02. The van der Waals surface area contributed by atoms with Crippen molar-refractivity contribution >= 4 is 33.0 Å². The molecule has 18 heavy (non-hydrogen) atoms. The van der Waals surface area contributed by atoms with Crippen LogP contribution in [0.5, 0.6) is 0 Å². The lowest BCUT2D eigenvalue weighted by Crippen LogP contribution is -2.12. The Balaban J connectivity index is 3.11. The molecule has 1 aromatic carbocycles. The van der Waals surface area contributed by atoms with Crippen molar-refractivity contribution in [3.63, 3.8) is 0 Å². The number of rotatable bonds is 5. The summed E-state index contributed by atoms with van der Waals surface area (Å²) in [6.07, 6.45) is 1.12. The van der Waals surface area contributed by atoms with Gasteiger partial charge in [0.25, 0.3) is 0 Å². The Bertz CT molecular complexity index is 567. The van der Waals surface area contributed by atoms with E-state index in [0.29, 0.717) is 16.3 Å². The second-order valence-corrected chi connectivity index (χ2v) is 6.46. The lowest BCUT2D eigenvalue weighted by molar-refractivity contribution is -0.111. The minimum Gasteiger partial charge on any atom is -0.322 e. The Hall–Kier alpha value is -1.33. The number of nitrogens with one attached hydrogen (secondary N) is 1. The van der Waals surface area contributed by atoms with Crippen molar-refractivity contribution in [3.8, 4) is 0 Å². The van der Waals surface area contributed by atoms with E-state index in [4.69, 9.17) is 11.6 Å². The van der Waals surface area contributed by atoms with E-state index in [1.54, 1.807) is 19.1 Å². The molecule has 6 heteroatoms. The van der Waals surface area contributed by atoms with E-state index in [1.165, 1.54) is 6.07 Å². The third kappa shape index (κ3) is 4.16. The number of benzene rings is 1. The summed E-state index contributed by atoms with van der Waals surface area (Å²) in [6, 6.07) is 4.69. The van der Waals surface area contributed by atoms with Crippen molar-refractivity contribution in [1.29, 1.82) is 0 Å². The van der Waals surface area contributed by atoms with Crippen LogP contribution in [0.3, 0.4) is 0 Å². The van der Waals surface area contributed by atoms with Crippen molar-refractivity contribution in [3.05, 3.63) is 41.4 Å². The number of anilines is 1. The third-order valence-electron chi connectivity index (χ3n) is 2.33. The minimum absolute atomic E-state index is 0.0361. The average molecular weight is 288 g/mol. The Morgan fingerprint density at radius 1 is 1.50 bits per heavy atom. The van der Waals surface area contributed by atoms with Gasteiger partial charge in [-0.3, -0.25) is 4.79 Å². The van der Waals surface area contributed by atoms with Crippen LogP contribution in [0.4, 0.5) is 5.69 Å². The van der Waals surface area contributed by atoms with E-state index in [1.807, 2.05) is 0 Å². The third-order valence-corrected chi connectivity index (χ3v) is 4.19. The molecule has 0 saturated heterocycles. The van der Waals surface area contributed by atoms with Crippen LogP contribution in [0.1, 0.15) is 12.5 Å². The van der Waals surface area contributed by atoms with Crippen LogP contribution in [0.2, 0.25) is 5.02 Å². The van der Waals surface area contributed by atoms with Gasteiger partial charge < -0.3 is 5.32 Å². The molecule has 0 atom stereocenters. The van der Waals surface area contributed by atoms with Gasteiger partial charge in [-0.15, -0.1) is 0 Å². The van der Waals surface area contributed by atoms with Gasteiger partial charge in [0.15, 0.2) is 9.84 Å². The zero-order valence-corrected chi connectivity index (χ0v) is 11.5. The summed E-state index contributed by atoms with van der Waals surface area (Å²) >= 11 is 5.83. The Morgan fingerprint density at radius 2 is 2.17 bits per heavy atom. The van der Waals surface area contributed by atoms with Gasteiger partial charge in [-0.05, 0) is 29.8 Å². The highest BCUT2D eigenvalue weighted by molar-refractivity contribution is 7.90. The maximum atomic E-state index is 11.6. The van der Waals surface area contributed by atoms with Crippen LogP contribution < -0.4 is 5.32 Å². The molecule has 0 aliphatic carbocycles. The SMILES string of the molecule is C=CC(=O)Nc1ccc(Cl)cc1CS(=O)(=O)CC. The fourth-order valence-electron chi connectivity index (χ4n) is 1.33. The summed E-state index contributed by atoms with van der Waals surface area (Å²) in [4.78, 5) is 11.2. The van der Waals surface area contributed by atoms with Crippen LogP contribution >= 0.6 is 11.6 Å². The quantitative estimate of drug-likeness (QED) is 0.846. The van der Waals surface area contributed by atoms with Crippen LogP contribution in [0, 0.1) is 0 Å². The van der Waals surface area contributed by atoms with Gasteiger partial charge in [-0.25, -0.2) is 8.42 Å². The fraction of sp³-hybridized carbons (Fsp3) is 0.250. The molecule has 1 aromatic rings. The standard InChI is InChI=1S/C12H14ClNO3S/c1-3-12(15)14-11-6-5-10(13)7-9(11)8-18(16,17)4-2/h3,5-7H,1,4,8H2,2H3,(H,14,15). The van der Waals surface area contributed by atoms with E-state index in [0.717, 1.165) is 6.08 Å². The van der Waals surface area contributed by atoms with Crippen molar-refractivity contribution in [2.24, 2.45) is 0 Å². The maximum Gasteiger partial charge on any atom is 0.247 e. The molecule has 1 N–H and O–H groups in total. The molecule has 0 unspecified atom stereocenters. The molecule has 0 spiro atoms. The molecular formula is C12H14ClNO3S. The molecule has 0 aliphatic rings. The largest absolute Gasteiger partial charge is 0.322 e. The van der Waals surface area contributed by atoms with Gasteiger partial charge in [0.05, 0.1) is 5.75 Å². The summed E-state index contributed by atoms with van der Waals surface area (Å²) < 4.78 is 23.2. The van der Waals surface area contributed by atoms with Crippen LogP contribution in [0.15, 0.2) is 30.9 Å². The van der Waals surface area contributed by atoms with Gasteiger partial charge >= 0.3 is 0 Å². The van der Waals surface area contributed by atoms with E-state index >= 15 is 0 Å². The predicted octanol–water partition coefficient (Wildman–Crippen LogP) is 2.40. The first-order valence-electron chi connectivity index (χ1n) is 5.30. The zero-order valence-electron chi connectivity index (χ0n) is 9.94. The lowest BCUT2D eigenvalue weighted by atomic mass is 10.2. The normalized spacial score (nSPS) is 11.0. The highest BCUT2D eigenvalue weighted by Crippen LogP contribution is 2.23. The van der Waals surface area contributed by atoms with Crippen molar-refractivity contribution in [1.82, 2.24) is 0 Å². The first kappa shape index (κ1) is 14.7. The molecule has 0 heterocycles. The lowest BCUT2D eigenvalue weighted by Gasteiger charge is -2.10. The Kier molecular flexibility index (Phi) is 4.93. The number of hydrogen-bond acceptors (Lipinski definition) is 3. The number of halogens is 1. The van der Waals surface area contributed by atoms with Crippen molar-refractivity contribution < 1.29 is 13.2 Å². The van der Waals surface area contributed by atoms with Gasteiger partial charge in [0, 0.05) is 16.5 Å². The highest BCUT2D eigenvalue weighted by atomic mass is 35.5. The second-order valence-electron chi connectivity index (χ2n) is 3.67. The first-order chi connectivity index (χ1) is 8.38. The molecule has 4 nitrogen and oxygen atoms in total. The summed E-state index contributed by atoms with van der Waals surface area (Å²) in [6.45, 7) is 4.91. The average Bonchev–Trinajstić information content (AvgIpc) is 2.32. The topological polar surface area (TPSA) is 63.2 Å². The molecular weight excluding hydrogens is 274 g/mol. The van der Waals surface area contributed by atoms with E-state index in [9.17, 15) is 13.2 Å². The molecule has 0 aliphatic heterocycles. The number of amides is 1. The monoisotopic (exact) mass is 287 g/mol. The molecule has 0 aromatic heterocycles. The summed E-state index contributed by atoms with van der Waals surface area (Å²) in [7, 11) is -3.19. The fourth-order valence-corrected chi connectivity index (χ4v) is 2.44. The summed E-state index contributed by atoms with van der Waals surface area (Å²) in [5.41, 5.74) is 0.904. The number of carbonyl (C=O) groups is 1. The highest BCUT2D eigenvalue weighted by Gasteiger charge is 2.13. The first-order valence-corrected chi connectivity index (χ1v) is 7.50. The van der Waals surface area contributed by atoms with Gasteiger partial charge in [0.2, 0.25) is 5.91 Å². The van der Waals surface area contributed by atoms with Crippen molar-refractivity contribution in [2.45, 2.75) is 12.7 Å². The van der Waals surface area contributed by atoms with E-state index in [2.05, 4.69) is 11.9 Å².